The molecule has 3 rings (SSSR count). The Kier molecular flexibility index (Phi) is 4.08. The molecule has 1 N–H and O–H groups in total. The summed E-state index contributed by atoms with van der Waals surface area (Å²) in [5.74, 6) is 1.23. The van der Waals surface area contributed by atoms with Crippen LogP contribution < -0.4 is 9.47 Å². The lowest BCUT2D eigenvalue weighted by Gasteiger charge is -2.15. The quantitative estimate of drug-likeness (QED) is 0.892. The molecule has 2 aromatic rings. The normalized spacial score (nSPS) is 15.8. The van der Waals surface area contributed by atoms with Crippen molar-refractivity contribution in [3.05, 3.63) is 44.1 Å². The Morgan fingerprint density at radius 2 is 1.80 bits per heavy atom. The number of ether oxygens (including phenoxy) is 2. The molecule has 1 aromatic carbocycles. The van der Waals surface area contributed by atoms with Gasteiger partial charge in [0.05, 0.1) is 22.6 Å². The summed E-state index contributed by atoms with van der Waals surface area (Å²) in [6.07, 6.45) is 0.00205. The molecule has 1 aromatic heterocycles. The molecule has 106 valence electrons. The molecule has 0 bridgehead atoms. The number of thiophene rings is 1. The van der Waals surface area contributed by atoms with E-state index in [0.717, 1.165) is 11.3 Å². The third-order valence-corrected chi connectivity index (χ3v) is 4.64. The highest BCUT2D eigenvalue weighted by molar-refractivity contribution is 7.16. The number of aliphatic hydroxyl groups is 1. The van der Waals surface area contributed by atoms with E-state index in [1.54, 1.807) is 24.3 Å². The van der Waals surface area contributed by atoms with E-state index in [1.807, 2.05) is 0 Å². The van der Waals surface area contributed by atoms with Gasteiger partial charge in [-0.2, -0.15) is 0 Å². The fraction of sp³-hybridized carbons (Fsp3) is 0.286. The highest BCUT2D eigenvalue weighted by atomic mass is 35.5. The predicted molar refractivity (Wildman–Crippen MR) is 80.4 cm³/mol. The Morgan fingerprint density at radius 3 is 2.45 bits per heavy atom. The van der Waals surface area contributed by atoms with Gasteiger partial charge < -0.3 is 14.6 Å². The maximum absolute atomic E-state index is 10.4. The molecule has 1 unspecified atom stereocenters. The molecule has 1 aliphatic rings. The van der Waals surface area contributed by atoms with Gasteiger partial charge in [-0.25, -0.2) is 0 Å². The first-order valence-corrected chi connectivity index (χ1v) is 7.75. The average molecular weight is 331 g/mol. The smallest absolute Gasteiger partial charge is 0.162 e. The lowest BCUT2D eigenvalue weighted by molar-refractivity contribution is 0.223. The molecule has 3 nitrogen and oxygen atoms in total. The molecular weight excluding hydrogens is 319 g/mol. The van der Waals surface area contributed by atoms with Crippen LogP contribution in [0.2, 0.25) is 9.36 Å². The molecule has 0 spiro atoms. The molecule has 0 radical (unpaired) electrons. The number of hydrogen-bond donors (Lipinski definition) is 1. The number of halogens is 2. The second-order valence-electron chi connectivity index (χ2n) is 4.42. The van der Waals surface area contributed by atoms with Gasteiger partial charge in [0.15, 0.2) is 11.5 Å². The van der Waals surface area contributed by atoms with Gasteiger partial charge in [0.1, 0.15) is 6.10 Å². The van der Waals surface area contributed by atoms with Crippen molar-refractivity contribution >= 4 is 34.5 Å². The van der Waals surface area contributed by atoms with Crippen LogP contribution in [0.4, 0.5) is 0 Å². The fourth-order valence-corrected chi connectivity index (χ4v) is 3.36. The molecule has 0 amide bonds. The van der Waals surface area contributed by atoms with E-state index in [0.29, 0.717) is 39.6 Å². The average Bonchev–Trinajstić information content (AvgIpc) is 2.73. The van der Waals surface area contributed by atoms with Crippen molar-refractivity contribution in [1.82, 2.24) is 0 Å². The molecule has 0 aliphatic carbocycles. The van der Waals surface area contributed by atoms with Gasteiger partial charge in [-0.15, -0.1) is 11.3 Å². The lowest BCUT2D eigenvalue weighted by atomic mass is 10.1. The zero-order valence-electron chi connectivity index (χ0n) is 10.4. The summed E-state index contributed by atoms with van der Waals surface area (Å²) in [6.45, 7) is 1.20. The summed E-state index contributed by atoms with van der Waals surface area (Å²) in [6, 6.07) is 6.97. The largest absolute Gasteiger partial charge is 0.490 e. The Bertz CT molecular complexity index is 627. The summed E-state index contributed by atoms with van der Waals surface area (Å²) >= 11 is 13.5. The van der Waals surface area contributed by atoms with Crippen LogP contribution in [0.1, 0.15) is 23.0 Å². The Labute approximate surface area is 130 Å². The highest BCUT2D eigenvalue weighted by Crippen LogP contribution is 2.40. The molecule has 6 heteroatoms. The second-order valence-corrected chi connectivity index (χ2v) is 6.57. The van der Waals surface area contributed by atoms with E-state index >= 15 is 0 Å². The van der Waals surface area contributed by atoms with Gasteiger partial charge in [-0.3, -0.25) is 0 Å². The molecule has 0 saturated heterocycles. The van der Waals surface area contributed by atoms with Crippen LogP contribution in [0.25, 0.3) is 0 Å². The summed E-state index contributed by atoms with van der Waals surface area (Å²) < 4.78 is 11.8. The van der Waals surface area contributed by atoms with Crippen molar-refractivity contribution in [2.24, 2.45) is 0 Å². The number of benzene rings is 1. The SMILES string of the molecule is OC(c1ccc(Cl)s1)c1cc2c(cc1Cl)OCCCO2. The number of fused-ring (bicyclic) bond motifs is 1. The van der Waals surface area contributed by atoms with Crippen molar-refractivity contribution in [2.45, 2.75) is 12.5 Å². The van der Waals surface area contributed by atoms with Crippen LogP contribution in [-0.2, 0) is 0 Å². The third kappa shape index (κ3) is 2.74. The van der Waals surface area contributed by atoms with Crippen LogP contribution in [-0.4, -0.2) is 18.3 Å². The minimum Gasteiger partial charge on any atom is -0.490 e. The topological polar surface area (TPSA) is 38.7 Å². The predicted octanol–water partition coefficient (Wildman–Crippen LogP) is 4.30. The fourth-order valence-electron chi connectivity index (χ4n) is 2.04. The maximum Gasteiger partial charge on any atom is 0.162 e. The number of aliphatic hydroxyl groups excluding tert-OH is 1. The van der Waals surface area contributed by atoms with Gasteiger partial charge in [-0.05, 0) is 18.2 Å². The molecule has 1 aliphatic heterocycles. The monoisotopic (exact) mass is 330 g/mol. The zero-order chi connectivity index (χ0) is 14.1. The molecule has 1 atom stereocenters. The van der Waals surface area contributed by atoms with E-state index < -0.39 is 6.10 Å². The highest BCUT2D eigenvalue weighted by Gasteiger charge is 2.20. The first-order chi connectivity index (χ1) is 9.65. The van der Waals surface area contributed by atoms with Crippen molar-refractivity contribution in [2.75, 3.05) is 13.2 Å². The molecule has 0 saturated carbocycles. The Morgan fingerprint density at radius 1 is 1.10 bits per heavy atom. The van der Waals surface area contributed by atoms with Crippen molar-refractivity contribution in [3.8, 4) is 11.5 Å². The van der Waals surface area contributed by atoms with Crippen molar-refractivity contribution < 1.29 is 14.6 Å². The maximum atomic E-state index is 10.4. The number of rotatable bonds is 2. The first-order valence-electron chi connectivity index (χ1n) is 6.17. The zero-order valence-corrected chi connectivity index (χ0v) is 12.8. The molecule has 2 heterocycles. The van der Waals surface area contributed by atoms with Gasteiger partial charge in [0.2, 0.25) is 0 Å². The van der Waals surface area contributed by atoms with Crippen LogP contribution >= 0.6 is 34.5 Å². The Hall–Kier alpha value is -0.940. The minimum atomic E-state index is -0.822. The number of hydrogen-bond acceptors (Lipinski definition) is 4. The summed E-state index contributed by atoms with van der Waals surface area (Å²) in [4.78, 5) is 0.742. The van der Waals surface area contributed by atoms with Gasteiger partial charge in [0, 0.05) is 22.9 Å². The van der Waals surface area contributed by atoms with Crippen molar-refractivity contribution in [1.29, 1.82) is 0 Å². The van der Waals surface area contributed by atoms with E-state index in [-0.39, 0.29) is 0 Å². The third-order valence-electron chi connectivity index (χ3n) is 3.02. The van der Waals surface area contributed by atoms with E-state index in [4.69, 9.17) is 32.7 Å². The Balaban J connectivity index is 1.99. The minimum absolute atomic E-state index is 0.450. The molecule has 20 heavy (non-hydrogen) atoms. The standard InChI is InChI=1S/C14H12Cl2O3S/c15-9-7-11-10(18-4-1-5-19-11)6-8(9)14(17)12-2-3-13(16)20-12/h2-3,6-7,14,17H,1,4-5H2. The van der Waals surface area contributed by atoms with Gasteiger partial charge in [0.25, 0.3) is 0 Å². The first kappa shape index (κ1) is 14.0. The second kappa shape index (κ2) is 5.82. The van der Waals surface area contributed by atoms with Gasteiger partial charge in [-0.1, -0.05) is 23.2 Å². The lowest BCUT2D eigenvalue weighted by Crippen LogP contribution is -2.00. The van der Waals surface area contributed by atoms with Crippen LogP contribution in [0.5, 0.6) is 11.5 Å². The van der Waals surface area contributed by atoms with E-state index in [2.05, 4.69) is 0 Å². The summed E-state index contributed by atoms with van der Waals surface area (Å²) in [7, 11) is 0. The molecule has 0 fully saturated rings. The van der Waals surface area contributed by atoms with Crippen LogP contribution in [0.3, 0.4) is 0 Å². The van der Waals surface area contributed by atoms with E-state index in [1.165, 1.54) is 11.3 Å². The van der Waals surface area contributed by atoms with E-state index in [9.17, 15) is 5.11 Å². The van der Waals surface area contributed by atoms with Gasteiger partial charge >= 0.3 is 0 Å². The van der Waals surface area contributed by atoms with Crippen molar-refractivity contribution in [3.63, 3.8) is 0 Å². The summed E-state index contributed by atoms with van der Waals surface area (Å²) in [5, 5.41) is 10.9. The molecular formula is C14H12Cl2O3S. The van der Waals surface area contributed by atoms with Crippen LogP contribution in [0, 0.1) is 0 Å². The summed E-state index contributed by atoms with van der Waals surface area (Å²) in [5.41, 5.74) is 0.592. The van der Waals surface area contributed by atoms with Crippen LogP contribution in [0.15, 0.2) is 24.3 Å².